The number of likely N-dealkylation sites (tertiary alicyclic amines) is 1. The number of rotatable bonds is 2. The summed E-state index contributed by atoms with van der Waals surface area (Å²) < 4.78 is 46.5. The molecule has 1 aromatic carbocycles. The van der Waals surface area contributed by atoms with Gasteiger partial charge in [0.1, 0.15) is 11.5 Å². The summed E-state index contributed by atoms with van der Waals surface area (Å²) >= 11 is 0. The minimum atomic E-state index is -3.69. The Hall–Kier alpha value is -1.02. The molecular weight excluding hydrogens is 307 g/mol. The van der Waals surface area contributed by atoms with Crippen molar-refractivity contribution in [3.63, 3.8) is 0 Å². The second-order valence-corrected chi connectivity index (χ2v) is 8.03. The fraction of sp³-hybridized carbons (Fsp3) is 0.600. The maximum atomic E-state index is 13.1. The van der Waals surface area contributed by atoms with Gasteiger partial charge in [0.15, 0.2) is 0 Å². The lowest BCUT2D eigenvalue weighted by Gasteiger charge is -2.41. The van der Waals surface area contributed by atoms with Crippen molar-refractivity contribution < 1.29 is 17.5 Å². The summed E-state index contributed by atoms with van der Waals surface area (Å²) in [6.45, 7) is 3.81. The van der Waals surface area contributed by atoms with E-state index in [9.17, 15) is 12.8 Å². The number of hydrogen-bond acceptors (Lipinski definition) is 4. The SMILES string of the molecule is CC1CN(S(=O)(=O)c2ccc(F)cc2)C2(CCN(C)CC2)O1. The lowest BCUT2D eigenvalue weighted by atomic mass is 10.0. The van der Waals surface area contributed by atoms with Crippen LogP contribution in [0.4, 0.5) is 4.39 Å². The van der Waals surface area contributed by atoms with Crippen molar-refractivity contribution in [2.75, 3.05) is 26.7 Å². The van der Waals surface area contributed by atoms with Gasteiger partial charge >= 0.3 is 0 Å². The first-order valence-corrected chi connectivity index (χ1v) is 8.92. The molecule has 2 aliphatic heterocycles. The molecule has 0 aromatic heterocycles. The van der Waals surface area contributed by atoms with E-state index in [0.717, 1.165) is 13.1 Å². The second kappa shape index (κ2) is 5.56. The van der Waals surface area contributed by atoms with Crippen LogP contribution in [-0.2, 0) is 14.8 Å². The highest BCUT2D eigenvalue weighted by Gasteiger charge is 2.52. The number of ether oxygens (including phenoxy) is 1. The van der Waals surface area contributed by atoms with Crippen LogP contribution in [0.1, 0.15) is 19.8 Å². The van der Waals surface area contributed by atoms with Crippen LogP contribution in [0.2, 0.25) is 0 Å². The molecule has 3 rings (SSSR count). The normalized spacial score (nSPS) is 26.6. The Bertz CT molecular complexity index is 639. The van der Waals surface area contributed by atoms with Gasteiger partial charge in [0, 0.05) is 32.5 Å². The summed E-state index contributed by atoms with van der Waals surface area (Å²) in [5.74, 6) is -0.445. The first kappa shape index (κ1) is 15.9. The van der Waals surface area contributed by atoms with Gasteiger partial charge in [0.05, 0.1) is 11.0 Å². The van der Waals surface area contributed by atoms with Crippen LogP contribution in [0, 0.1) is 5.82 Å². The molecule has 2 fully saturated rings. The van der Waals surface area contributed by atoms with Gasteiger partial charge in [0.2, 0.25) is 10.0 Å². The van der Waals surface area contributed by atoms with Gasteiger partial charge in [-0.2, -0.15) is 4.31 Å². The highest BCUT2D eigenvalue weighted by Crippen LogP contribution is 2.40. The van der Waals surface area contributed by atoms with Gasteiger partial charge in [0.25, 0.3) is 0 Å². The second-order valence-electron chi connectivity index (χ2n) is 6.17. The van der Waals surface area contributed by atoms with E-state index in [1.807, 2.05) is 14.0 Å². The topological polar surface area (TPSA) is 49.9 Å². The fourth-order valence-electron chi connectivity index (χ4n) is 3.26. The number of nitrogens with zero attached hydrogens (tertiary/aromatic N) is 2. The van der Waals surface area contributed by atoms with Crippen molar-refractivity contribution in [2.45, 2.75) is 36.5 Å². The molecule has 5 nitrogen and oxygen atoms in total. The molecule has 2 saturated heterocycles. The number of sulfonamides is 1. The van der Waals surface area contributed by atoms with Crippen molar-refractivity contribution in [3.8, 4) is 0 Å². The average molecular weight is 328 g/mol. The van der Waals surface area contributed by atoms with Crippen molar-refractivity contribution in [1.82, 2.24) is 9.21 Å². The predicted octanol–water partition coefficient (Wildman–Crippen LogP) is 1.66. The smallest absolute Gasteiger partial charge is 0.245 e. The Morgan fingerprint density at radius 2 is 1.82 bits per heavy atom. The Morgan fingerprint density at radius 3 is 2.41 bits per heavy atom. The zero-order chi connectivity index (χ0) is 16.0. The highest BCUT2D eigenvalue weighted by atomic mass is 32.2. The zero-order valence-electron chi connectivity index (χ0n) is 12.8. The van der Waals surface area contributed by atoms with Crippen LogP contribution in [-0.4, -0.2) is 56.1 Å². The number of hydrogen-bond donors (Lipinski definition) is 0. The van der Waals surface area contributed by atoms with E-state index in [4.69, 9.17) is 4.74 Å². The third-order valence-electron chi connectivity index (χ3n) is 4.47. The lowest BCUT2D eigenvalue weighted by Crippen LogP contribution is -2.54. The van der Waals surface area contributed by atoms with Crippen LogP contribution in [0.15, 0.2) is 29.2 Å². The molecule has 0 saturated carbocycles. The van der Waals surface area contributed by atoms with Gasteiger partial charge in [-0.1, -0.05) is 0 Å². The first-order chi connectivity index (χ1) is 10.3. The summed E-state index contributed by atoms with van der Waals surface area (Å²) in [5.41, 5.74) is -0.765. The summed E-state index contributed by atoms with van der Waals surface area (Å²) in [6, 6.07) is 4.98. The Kier molecular flexibility index (Phi) is 4.01. The summed E-state index contributed by atoms with van der Waals surface area (Å²) in [4.78, 5) is 2.28. The minimum Gasteiger partial charge on any atom is -0.355 e. The van der Waals surface area contributed by atoms with E-state index >= 15 is 0 Å². The largest absolute Gasteiger partial charge is 0.355 e. The van der Waals surface area contributed by atoms with E-state index in [2.05, 4.69) is 4.90 Å². The summed E-state index contributed by atoms with van der Waals surface area (Å²) in [6.07, 6.45) is 1.15. The van der Waals surface area contributed by atoms with E-state index < -0.39 is 21.6 Å². The maximum absolute atomic E-state index is 13.1. The van der Waals surface area contributed by atoms with Crippen molar-refractivity contribution in [2.24, 2.45) is 0 Å². The van der Waals surface area contributed by atoms with Crippen molar-refractivity contribution in [1.29, 1.82) is 0 Å². The number of benzene rings is 1. The fourth-order valence-corrected chi connectivity index (χ4v) is 5.06. The van der Waals surface area contributed by atoms with Crippen molar-refractivity contribution in [3.05, 3.63) is 30.1 Å². The zero-order valence-corrected chi connectivity index (χ0v) is 13.6. The third kappa shape index (κ3) is 2.67. The Labute approximate surface area is 130 Å². The van der Waals surface area contributed by atoms with Gasteiger partial charge < -0.3 is 9.64 Å². The Morgan fingerprint density at radius 1 is 1.23 bits per heavy atom. The molecule has 1 atom stereocenters. The highest BCUT2D eigenvalue weighted by molar-refractivity contribution is 7.89. The minimum absolute atomic E-state index is 0.116. The quantitative estimate of drug-likeness (QED) is 0.828. The van der Waals surface area contributed by atoms with Crippen LogP contribution in [0.25, 0.3) is 0 Å². The molecule has 0 amide bonds. The number of halogens is 1. The first-order valence-electron chi connectivity index (χ1n) is 7.48. The molecule has 122 valence electrons. The van der Waals surface area contributed by atoms with Gasteiger partial charge in [-0.25, -0.2) is 12.8 Å². The van der Waals surface area contributed by atoms with E-state index in [-0.39, 0.29) is 11.0 Å². The average Bonchev–Trinajstić information content (AvgIpc) is 2.80. The van der Waals surface area contributed by atoms with Crippen LogP contribution in [0.5, 0.6) is 0 Å². The number of piperidine rings is 1. The molecule has 22 heavy (non-hydrogen) atoms. The van der Waals surface area contributed by atoms with Gasteiger partial charge in [-0.3, -0.25) is 0 Å². The van der Waals surface area contributed by atoms with Gasteiger partial charge in [-0.15, -0.1) is 0 Å². The molecule has 2 aliphatic rings. The lowest BCUT2D eigenvalue weighted by molar-refractivity contribution is -0.107. The molecule has 0 radical (unpaired) electrons. The monoisotopic (exact) mass is 328 g/mol. The maximum Gasteiger partial charge on any atom is 0.245 e. The molecule has 1 spiro atoms. The Balaban J connectivity index is 1.95. The van der Waals surface area contributed by atoms with Crippen LogP contribution in [0.3, 0.4) is 0 Å². The molecule has 1 unspecified atom stereocenters. The molecule has 1 aromatic rings. The van der Waals surface area contributed by atoms with Crippen molar-refractivity contribution >= 4 is 10.0 Å². The van der Waals surface area contributed by atoms with Crippen LogP contribution >= 0.6 is 0 Å². The van der Waals surface area contributed by atoms with E-state index in [0.29, 0.717) is 19.4 Å². The standard InChI is InChI=1S/C15H21FN2O3S/c1-12-11-18(15(21-12)7-9-17(2)10-8-15)22(19,20)14-5-3-13(16)4-6-14/h3-6,12H,7-11H2,1-2H3. The van der Waals surface area contributed by atoms with Crippen LogP contribution < -0.4 is 0 Å². The molecule has 0 aliphatic carbocycles. The summed E-state index contributed by atoms with van der Waals surface area (Å²) in [7, 11) is -1.67. The van der Waals surface area contributed by atoms with E-state index in [1.54, 1.807) is 0 Å². The predicted molar refractivity (Wildman–Crippen MR) is 80.3 cm³/mol. The van der Waals surface area contributed by atoms with Gasteiger partial charge in [-0.05, 0) is 38.2 Å². The molecule has 2 heterocycles. The molecule has 0 bridgehead atoms. The molecular formula is C15H21FN2O3S. The van der Waals surface area contributed by atoms with E-state index in [1.165, 1.54) is 28.6 Å². The molecule has 0 N–H and O–H groups in total. The summed E-state index contributed by atoms with van der Waals surface area (Å²) in [5, 5.41) is 0. The third-order valence-corrected chi connectivity index (χ3v) is 6.40. The molecule has 7 heteroatoms.